The number of nitriles is 1. The van der Waals surface area contributed by atoms with Gasteiger partial charge in [0.15, 0.2) is 11.5 Å². The number of carbonyl (C=O) groups is 1. The van der Waals surface area contributed by atoms with E-state index in [-0.39, 0.29) is 18.6 Å². The molecule has 156 valence electrons. The lowest BCUT2D eigenvalue weighted by Gasteiger charge is -2.33. The zero-order valence-electron chi connectivity index (χ0n) is 15.8. The summed E-state index contributed by atoms with van der Waals surface area (Å²) in [5, 5.41) is 11.8. The van der Waals surface area contributed by atoms with Crippen molar-refractivity contribution in [3.63, 3.8) is 0 Å². The first-order valence-electron chi connectivity index (χ1n) is 9.42. The summed E-state index contributed by atoms with van der Waals surface area (Å²) >= 11 is 0. The highest BCUT2D eigenvalue weighted by Gasteiger charge is 2.35. The third-order valence-corrected chi connectivity index (χ3v) is 5.30. The van der Waals surface area contributed by atoms with Gasteiger partial charge >= 0.3 is 6.18 Å². The van der Waals surface area contributed by atoms with Crippen LogP contribution in [0.5, 0.6) is 11.5 Å². The first-order valence-corrected chi connectivity index (χ1v) is 9.42. The van der Waals surface area contributed by atoms with Crippen LogP contribution in [-0.4, -0.2) is 25.8 Å². The number of carbonyl (C=O) groups excluding carboxylic acids is 1. The van der Waals surface area contributed by atoms with E-state index in [0.717, 1.165) is 6.07 Å². The van der Waals surface area contributed by atoms with E-state index in [1.54, 1.807) is 29.2 Å². The number of fused-ring (bicyclic) bond motifs is 1. The van der Waals surface area contributed by atoms with Crippen molar-refractivity contribution >= 4 is 17.3 Å². The molecule has 2 heterocycles. The minimum Gasteiger partial charge on any atom is -0.454 e. The maximum absolute atomic E-state index is 13.2. The van der Waals surface area contributed by atoms with Gasteiger partial charge in [0.05, 0.1) is 17.2 Å². The van der Waals surface area contributed by atoms with E-state index in [1.807, 2.05) is 0 Å². The molecular formula is C21H18F3N3O3. The number of hydrogen-bond acceptors (Lipinski definition) is 5. The Morgan fingerprint density at radius 3 is 2.53 bits per heavy atom. The van der Waals surface area contributed by atoms with Crippen molar-refractivity contribution in [2.24, 2.45) is 5.92 Å². The van der Waals surface area contributed by atoms with Gasteiger partial charge in [-0.3, -0.25) is 4.79 Å². The van der Waals surface area contributed by atoms with E-state index in [0.29, 0.717) is 48.8 Å². The third-order valence-electron chi connectivity index (χ3n) is 5.30. The molecule has 0 spiro atoms. The second kappa shape index (κ2) is 7.78. The largest absolute Gasteiger partial charge is 0.454 e. The molecule has 0 unspecified atom stereocenters. The SMILES string of the molecule is N#Cc1ccc(N2CCC(C(=O)Nc3ccc4c(c3)OCO4)CC2)cc1C(F)(F)F. The summed E-state index contributed by atoms with van der Waals surface area (Å²) in [6.07, 6.45) is -3.57. The maximum atomic E-state index is 13.2. The summed E-state index contributed by atoms with van der Waals surface area (Å²) in [5.74, 6) is 0.822. The Morgan fingerprint density at radius 1 is 1.10 bits per heavy atom. The number of rotatable bonds is 3. The molecule has 9 heteroatoms. The molecule has 1 amide bonds. The fraction of sp³-hybridized carbons (Fsp3) is 0.333. The average molecular weight is 417 g/mol. The number of halogens is 3. The van der Waals surface area contributed by atoms with E-state index in [4.69, 9.17) is 14.7 Å². The molecule has 1 fully saturated rings. The highest BCUT2D eigenvalue weighted by Crippen LogP contribution is 2.36. The molecular weight excluding hydrogens is 399 g/mol. The van der Waals surface area contributed by atoms with Gasteiger partial charge in [-0.2, -0.15) is 18.4 Å². The standard InChI is InChI=1S/C21H18F3N3O3/c22-21(23,24)17-10-16(3-1-14(17)11-25)27-7-5-13(6-8-27)20(28)26-15-2-4-18-19(9-15)30-12-29-18/h1-4,9-10,13H,5-8,12H2,(H,26,28). The fourth-order valence-corrected chi connectivity index (χ4v) is 3.68. The van der Waals surface area contributed by atoms with Crippen molar-refractivity contribution < 1.29 is 27.4 Å². The zero-order valence-corrected chi connectivity index (χ0v) is 15.8. The molecule has 0 radical (unpaired) electrons. The summed E-state index contributed by atoms with van der Waals surface area (Å²) in [4.78, 5) is 14.4. The molecule has 0 atom stereocenters. The van der Waals surface area contributed by atoms with Crippen LogP contribution in [0.2, 0.25) is 0 Å². The van der Waals surface area contributed by atoms with Crippen LogP contribution in [0.1, 0.15) is 24.0 Å². The topological polar surface area (TPSA) is 74.6 Å². The number of nitrogens with one attached hydrogen (secondary N) is 1. The van der Waals surface area contributed by atoms with E-state index < -0.39 is 17.3 Å². The van der Waals surface area contributed by atoms with Gasteiger partial charge in [0, 0.05) is 36.4 Å². The van der Waals surface area contributed by atoms with Gasteiger partial charge in [0.2, 0.25) is 12.7 Å². The van der Waals surface area contributed by atoms with Gasteiger partial charge in [-0.05, 0) is 43.2 Å². The zero-order chi connectivity index (χ0) is 21.3. The number of ether oxygens (including phenoxy) is 2. The van der Waals surface area contributed by atoms with Crippen LogP contribution in [0.15, 0.2) is 36.4 Å². The Balaban J connectivity index is 1.39. The lowest BCUT2D eigenvalue weighted by atomic mass is 9.95. The monoisotopic (exact) mass is 417 g/mol. The van der Waals surface area contributed by atoms with Gasteiger partial charge in [-0.25, -0.2) is 0 Å². The fourth-order valence-electron chi connectivity index (χ4n) is 3.68. The molecule has 2 aliphatic rings. The molecule has 2 aromatic rings. The minimum atomic E-state index is -4.59. The van der Waals surface area contributed by atoms with E-state index in [2.05, 4.69) is 5.32 Å². The van der Waals surface area contributed by atoms with Gasteiger partial charge in [0.25, 0.3) is 0 Å². The Labute approximate surface area is 170 Å². The van der Waals surface area contributed by atoms with Crippen molar-refractivity contribution in [1.29, 1.82) is 5.26 Å². The lowest BCUT2D eigenvalue weighted by molar-refractivity contribution is -0.137. The molecule has 2 aromatic carbocycles. The van der Waals surface area contributed by atoms with Crippen molar-refractivity contribution in [3.8, 4) is 17.6 Å². The van der Waals surface area contributed by atoms with Crippen LogP contribution in [0.4, 0.5) is 24.5 Å². The van der Waals surface area contributed by atoms with Crippen LogP contribution in [0.25, 0.3) is 0 Å². The lowest BCUT2D eigenvalue weighted by Crippen LogP contribution is -2.38. The molecule has 1 saturated heterocycles. The second-order valence-electron chi connectivity index (χ2n) is 7.16. The molecule has 0 bridgehead atoms. The number of piperidine rings is 1. The van der Waals surface area contributed by atoms with Crippen LogP contribution in [0, 0.1) is 17.2 Å². The first kappa shape index (κ1) is 19.9. The number of hydrogen-bond donors (Lipinski definition) is 1. The number of alkyl halides is 3. The predicted octanol–water partition coefficient (Wildman–Crippen LogP) is 4.16. The quantitative estimate of drug-likeness (QED) is 0.812. The number of anilines is 2. The molecule has 6 nitrogen and oxygen atoms in total. The van der Waals surface area contributed by atoms with Crippen molar-refractivity contribution in [2.75, 3.05) is 30.1 Å². The summed E-state index contributed by atoms with van der Waals surface area (Å²) < 4.78 is 50.1. The highest BCUT2D eigenvalue weighted by atomic mass is 19.4. The van der Waals surface area contributed by atoms with Gasteiger partial charge in [-0.1, -0.05) is 0 Å². The molecule has 30 heavy (non-hydrogen) atoms. The second-order valence-corrected chi connectivity index (χ2v) is 7.16. The summed E-state index contributed by atoms with van der Waals surface area (Å²) in [5.41, 5.74) is -0.334. The molecule has 0 saturated carbocycles. The van der Waals surface area contributed by atoms with Crippen LogP contribution in [0.3, 0.4) is 0 Å². The van der Waals surface area contributed by atoms with E-state index >= 15 is 0 Å². The Bertz CT molecular complexity index is 1010. The average Bonchev–Trinajstić information content (AvgIpc) is 3.20. The first-order chi connectivity index (χ1) is 14.3. The predicted molar refractivity (Wildman–Crippen MR) is 102 cm³/mol. The third kappa shape index (κ3) is 3.99. The van der Waals surface area contributed by atoms with Crippen molar-refractivity contribution in [3.05, 3.63) is 47.5 Å². The summed E-state index contributed by atoms with van der Waals surface area (Å²) in [7, 11) is 0. The molecule has 0 aromatic heterocycles. The Kier molecular flexibility index (Phi) is 5.16. The molecule has 4 rings (SSSR count). The minimum absolute atomic E-state index is 0.135. The van der Waals surface area contributed by atoms with Crippen LogP contribution in [-0.2, 0) is 11.0 Å². The van der Waals surface area contributed by atoms with E-state index in [9.17, 15) is 18.0 Å². The van der Waals surface area contributed by atoms with Crippen molar-refractivity contribution in [1.82, 2.24) is 0 Å². The molecule has 1 N–H and O–H groups in total. The van der Waals surface area contributed by atoms with Crippen molar-refractivity contribution in [2.45, 2.75) is 19.0 Å². The van der Waals surface area contributed by atoms with Gasteiger partial charge in [-0.15, -0.1) is 0 Å². The normalized spacial score (nSPS) is 16.3. The Morgan fingerprint density at radius 2 is 1.83 bits per heavy atom. The number of amides is 1. The van der Waals surface area contributed by atoms with E-state index in [1.165, 1.54) is 12.1 Å². The maximum Gasteiger partial charge on any atom is 0.417 e. The highest BCUT2D eigenvalue weighted by molar-refractivity contribution is 5.93. The summed E-state index contributed by atoms with van der Waals surface area (Å²) in [6, 6.07) is 10.5. The molecule has 0 aliphatic carbocycles. The van der Waals surface area contributed by atoms with Crippen LogP contribution < -0.4 is 19.7 Å². The van der Waals surface area contributed by atoms with Gasteiger partial charge in [0.1, 0.15) is 0 Å². The smallest absolute Gasteiger partial charge is 0.417 e. The van der Waals surface area contributed by atoms with Crippen LogP contribution >= 0.6 is 0 Å². The number of nitrogens with zero attached hydrogens (tertiary/aromatic N) is 2. The molecule has 2 aliphatic heterocycles. The van der Waals surface area contributed by atoms with Gasteiger partial charge < -0.3 is 19.7 Å². The Hall–Kier alpha value is -3.41. The number of benzene rings is 2. The summed E-state index contributed by atoms with van der Waals surface area (Å²) in [6.45, 7) is 1.04.